The first-order valence-corrected chi connectivity index (χ1v) is 6.48. The van der Waals surface area contributed by atoms with E-state index in [1.54, 1.807) is 0 Å². The number of hydrogen-bond acceptors (Lipinski definition) is 3. The second-order valence-electron chi connectivity index (χ2n) is 5.35. The fourth-order valence-electron chi connectivity index (χ4n) is 3.13. The van der Waals surface area contributed by atoms with Gasteiger partial charge in [0.1, 0.15) is 0 Å². The maximum Gasteiger partial charge on any atom is 0.0645 e. The van der Waals surface area contributed by atoms with Gasteiger partial charge in [-0.15, -0.1) is 24.8 Å². The van der Waals surface area contributed by atoms with Gasteiger partial charge in [0.2, 0.25) is 0 Å². The number of nitrogens with one attached hydrogen (secondary N) is 1. The molecule has 2 aliphatic rings. The van der Waals surface area contributed by atoms with Crippen molar-refractivity contribution in [1.82, 2.24) is 10.2 Å². The van der Waals surface area contributed by atoms with E-state index in [1.807, 2.05) is 0 Å². The zero-order valence-electron chi connectivity index (χ0n) is 10.9. The van der Waals surface area contributed by atoms with Gasteiger partial charge in [0, 0.05) is 44.6 Å². The summed E-state index contributed by atoms with van der Waals surface area (Å²) in [5, 5.41) is 13.5. The number of nitrogens with zero attached hydrogens (tertiary/aromatic N) is 1. The average Bonchev–Trinajstić information content (AvgIpc) is 2.32. The number of halogens is 2. The first-order valence-electron chi connectivity index (χ1n) is 6.48. The van der Waals surface area contributed by atoms with E-state index in [4.69, 9.17) is 0 Å². The summed E-state index contributed by atoms with van der Waals surface area (Å²) in [6, 6.07) is 10.6. The summed E-state index contributed by atoms with van der Waals surface area (Å²) in [5.74, 6) is 0.817. The lowest BCUT2D eigenvalue weighted by Gasteiger charge is -2.45. The predicted molar refractivity (Wildman–Crippen MR) is 82.1 cm³/mol. The van der Waals surface area contributed by atoms with Gasteiger partial charge in [-0.3, -0.25) is 4.90 Å². The third-order valence-electron chi connectivity index (χ3n) is 4.01. The highest BCUT2D eigenvalue weighted by molar-refractivity contribution is 5.85. The Hall–Kier alpha value is -0.320. The van der Waals surface area contributed by atoms with E-state index in [1.165, 1.54) is 5.56 Å². The molecule has 0 amide bonds. The first kappa shape index (κ1) is 16.7. The molecule has 108 valence electrons. The van der Waals surface area contributed by atoms with Crippen molar-refractivity contribution >= 4 is 24.8 Å². The van der Waals surface area contributed by atoms with Crippen LogP contribution in [-0.2, 0) is 6.54 Å². The quantitative estimate of drug-likeness (QED) is 0.870. The number of fused-ring (bicyclic) bond motifs is 2. The summed E-state index contributed by atoms with van der Waals surface area (Å²) in [6.45, 7) is 4.96. The van der Waals surface area contributed by atoms with Crippen molar-refractivity contribution < 1.29 is 5.11 Å². The second-order valence-corrected chi connectivity index (χ2v) is 5.35. The lowest BCUT2D eigenvalue weighted by molar-refractivity contribution is -0.0423. The van der Waals surface area contributed by atoms with Crippen molar-refractivity contribution in [3.63, 3.8) is 0 Å². The van der Waals surface area contributed by atoms with Crippen molar-refractivity contribution in [1.29, 1.82) is 0 Å². The summed E-state index contributed by atoms with van der Waals surface area (Å²) < 4.78 is 0. The van der Waals surface area contributed by atoms with Gasteiger partial charge in [0.15, 0.2) is 0 Å². The minimum Gasteiger partial charge on any atom is -0.392 e. The van der Waals surface area contributed by atoms with E-state index in [-0.39, 0.29) is 30.9 Å². The number of aliphatic hydroxyl groups excluding tert-OH is 1. The Bertz CT molecular complexity index is 363. The minimum atomic E-state index is -0.0942. The topological polar surface area (TPSA) is 35.5 Å². The van der Waals surface area contributed by atoms with Crippen LogP contribution in [0.2, 0.25) is 0 Å². The molecule has 0 radical (unpaired) electrons. The third kappa shape index (κ3) is 3.83. The molecule has 1 aromatic rings. The Labute approximate surface area is 127 Å². The Balaban J connectivity index is 0.000000902. The number of likely N-dealkylation sites (tertiary alicyclic amines) is 1. The number of aliphatic hydroxyl groups is 1. The van der Waals surface area contributed by atoms with Gasteiger partial charge < -0.3 is 10.4 Å². The smallest absolute Gasteiger partial charge is 0.0645 e. The van der Waals surface area contributed by atoms with Crippen LogP contribution in [0.25, 0.3) is 0 Å². The van der Waals surface area contributed by atoms with Crippen molar-refractivity contribution in [3.05, 3.63) is 35.9 Å². The van der Waals surface area contributed by atoms with Crippen molar-refractivity contribution in [2.45, 2.75) is 12.6 Å². The van der Waals surface area contributed by atoms with E-state index >= 15 is 0 Å². The van der Waals surface area contributed by atoms with Gasteiger partial charge >= 0.3 is 0 Å². The van der Waals surface area contributed by atoms with Crippen LogP contribution < -0.4 is 5.32 Å². The molecule has 3 atom stereocenters. The average molecular weight is 305 g/mol. The van der Waals surface area contributed by atoms with Gasteiger partial charge in [0.05, 0.1) is 6.10 Å². The van der Waals surface area contributed by atoms with E-state index in [2.05, 4.69) is 40.5 Å². The Morgan fingerprint density at radius 3 is 2.21 bits per heavy atom. The number of benzene rings is 1. The van der Waals surface area contributed by atoms with Crippen LogP contribution in [0.3, 0.4) is 0 Å². The number of hydrogen-bond donors (Lipinski definition) is 2. The van der Waals surface area contributed by atoms with Gasteiger partial charge in [-0.2, -0.15) is 0 Å². The minimum absolute atomic E-state index is 0. The van der Waals surface area contributed by atoms with Crippen LogP contribution >= 0.6 is 24.8 Å². The number of piperidine rings is 2. The third-order valence-corrected chi connectivity index (χ3v) is 4.01. The normalized spacial score (nSPS) is 30.1. The van der Waals surface area contributed by atoms with Crippen molar-refractivity contribution in [2.24, 2.45) is 11.8 Å². The highest BCUT2D eigenvalue weighted by atomic mass is 35.5. The molecule has 2 saturated heterocycles. The molecule has 3 nitrogen and oxygen atoms in total. The molecule has 0 aliphatic carbocycles. The van der Waals surface area contributed by atoms with E-state index < -0.39 is 0 Å². The Morgan fingerprint density at radius 2 is 1.63 bits per heavy atom. The molecule has 0 aromatic heterocycles. The molecule has 3 rings (SSSR count). The maximum atomic E-state index is 10.1. The molecule has 5 heteroatoms. The molecule has 2 heterocycles. The highest BCUT2D eigenvalue weighted by Crippen LogP contribution is 2.26. The molecule has 19 heavy (non-hydrogen) atoms. The van der Waals surface area contributed by atoms with Crippen LogP contribution in [0.4, 0.5) is 0 Å². The highest BCUT2D eigenvalue weighted by Gasteiger charge is 2.38. The Morgan fingerprint density at radius 1 is 1.05 bits per heavy atom. The summed E-state index contributed by atoms with van der Waals surface area (Å²) in [4.78, 5) is 2.48. The van der Waals surface area contributed by atoms with E-state index in [0.717, 1.165) is 32.7 Å². The van der Waals surface area contributed by atoms with E-state index in [0.29, 0.717) is 11.8 Å². The maximum absolute atomic E-state index is 10.1. The van der Waals surface area contributed by atoms with Crippen LogP contribution in [-0.4, -0.2) is 42.3 Å². The summed E-state index contributed by atoms with van der Waals surface area (Å²) >= 11 is 0. The molecule has 1 aromatic carbocycles. The standard InChI is InChI=1S/C14H20N2O.2ClH/c17-14-12-6-15-7-13(14)10-16(9-12)8-11-4-2-1-3-5-11;;/h1-5,12-15,17H,6-10H2;2*1H/t12-,13+,14?;;. The fraction of sp³-hybridized carbons (Fsp3) is 0.571. The van der Waals surface area contributed by atoms with Crippen molar-refractivity contribution in [3.8, 4) is 0 Å². The largest absolute Gasteiger partial charge is 0.392 e. The Kier molecular flexibility index (Phi) is 6.57. The van der Waals surface area contributed by atoms with Gasteiger partial charge in [0.25, 0.3) is 0 Å². The van der Waals surface area contributed by atoms with Crippen LogP contribution in [0, 0.1) is 11.8 Å². The van der Waals surface area contributed by atoms with Gasteiger partial charge in [-0.1, -0.05) is 30.3 Å². The summed E-state index contributed by atoms with van der Waals surface area (Å²) in [5.41, 5.74) is 1.37. The fourth-order valence-corrected chi connectivity index (χ4v) is 3.13. The molecule has 1 unspecified atom stereocenters. The zero-order chi connectivity index (χ0) is 11.7. The van der Waals surface area contributed by atoms with Crippen LogP contribution in [0.5, 0.6) is 0 Å². The molecular weight excluding hydrogens is 283 g/mol. The zero-order valence-corrected chi connectivity index (χ0v) is 12.5. The molecule has 2 fully saturated rings. The monoisotopic (exact) mass is 304 g/mol. The SMILES string of the molecule is Cl.Cl.OC1[C@@H]2CNC[C@H]1CN(Cc1ccccc1)C2. The summed E-state index contributed by atoms with van der Waals surface area (Å²) in [6.07, 6.45) is -0.0942. The first-order chi connectivity index (χ1) is 8.33. The lowest BCUT2D eigenvalue weighted by Crippen LogP contribution is -2.58. The van der Waals surface area contributed by atoms with Gasteiger partial charge in [-0.05, 0) is 5.56 Å². The molecule has 0 spiro atoms. The lowest BCUT2D eigenvalue weighted by atomic mass is 9.82. The molecular formula is C14H22Cl2N2O. The van der Waals surface area contributed by atoms with Crippen LogP contribution in [0.1, 0.15) is 5.56 Å². The predicted octanol–water partition coefficient (Wildman–Crippen LogP) is 1.54. The molecule has 2 aliphatic heterocycles. The number of rotatable bonds is 2. The summed E-state index contributed by atoms with van der Waals surface area (Å²) in [7, 11) is 0. The van der Waals surface area contributed by atoms with Crippen molar-refractivity contribution in [2.75, 3.05) is 26.2 Å². The van der Waals surface area contributed by atoms with Gasteiger partial charge in [-0.25, -0.2) is 0 Å². The molecule has 2 bridgehead atoms. The molecule has 2 N–H and O–H groups in total. The van der Waals surface area contributed by atoms with Crippen LogP contribution in [0.15, 0.2) is 30.3 Å². The molecule has 0 saturated carbocycles. The van der Waals surface area contributed by atoms with E-state index in [9.17, 15) is 5.11 Å². The second kappa shape index (κ2) is 7.46.